The molecule has 0 aliphatic rings. The van der Waals surface area contributed by atoms with Crippen LogP contribution in [0.4, 0.5) is 0 Å². The van der Waals surface area contributed by atoms with Gasteiger partial charge in [0.2, 0.25) is 0 Å². The van der Waals surface area contributed by atoms with E-state index in [4.69, 9.17) is 4.74 Å². The maximum Gasteiger partial charge on any atom is 0.338 e. The van der Waals surface area contributed by atoms with E-state index < -0.39 is 0 Å². The topological polar surface area (TPSA) is 26.3 Å². The number of carbonyl (C=O) groups is 1. The molecule has 0 fully saturated rings. The molecule has 0 N–H and O–H groups in total. The monoisotopic (exact) mass is 204 g/mol. The maximum absolute atomic E-state index is 11.6. The largest absolute Gasteiger partial charge is 0.455 e. The molecule has 0 saturated heterocycles. The summed E-state index contributed by atoms with van der Waals surface area (Å²) in [4.78, 5) is 11.6. The number of rotatable bonds is 3. The number of hydrogen-bond acceptors (Lipinski definition) is 2. The molecular formula is C13H16O2. The van der Waals surface area contributed by atoms with E-state index in [-0.39, 0.29) is 12.1 Å². The SMILES string of the molecule is C/C=C(\C)C(C)OC(=O)c1ccccc1. The van der Waals surface area contributed by atoms with Gasteiger partial charge in [0, 0.05) is 0 Å². The van der Waals surface area contributed by atoms with Gasteiger partial charge in [-0.05, 0) is 38.5 Å². The summed E-state index contributed by atoms with van der Waals surface area (Å²) in [6.07, 6.45) is 1.78. The Balaban J connectivity index is 2.65. The summed E-state index contributed by atoms with van der Waals surface area (Å²) in [6, 6.07) is 9.02. The average molecular weight is 204 g/mol. The Bertz CT molecular complexity index is 352. The summed E-state index contributed by atoms with van der Waals surface area (Å²) in [5.41, 5.74) is 1.65. The van der Waals surface area contributed by atoms with E-state index in [0.717, 1.165) is 5.57 Å². The average Bonchev–Trinajstić information content (AvgIpc) is 2.29. The fourth-order valence-electron chi connectivity index (χ4n) is 1.13. The van der Waals surface area contributed by atoms with Crippen molar-refractivity contribution < 1.29 is 9.53 Å². The minimum Gasteiger partial charge on any atom is -0.455 e. The third kappa shape index (κ3) is 3.24. The Kier molecular flexibility index (Phi) is 4.10. The highest BCUT2D eigenvalue weighted by molar-refractivity contribution is 5.89. The van der Waals surface area contributed by atoms with Gasteiger partial charge in [0.1, 0.15) is 6.10 Å². The number of carbonyl (C=O) groups excluding carboxylic acids is 1. The summed E-state index contributed by atoms with van der Waals surface area (Å²) in [5.74, 6) is -0.274. The van der Waals surface area contributed by atoms with Gasteiger partial charge < -0.3 is 4.74 Å². The second-order valence-electron chi connectivity index (χ2n) is 3.45. The van der Waals surface area contributed by atoms with Crippen molar-refractivity contribution in [3.8, 4) is 0 Å². The van der Waals surface area contributed by atoms with Crippen LogP contribution in [-0.4, -0.2) is 12.1 Å². The standard InChI is InChI=1S/C13H16O2/c1-4-10(2)11(3)15-13(14)12-8-6-5-7-9-12/h4-9,11H,1-3H3/b10-4+. The molecule has 1 unspecified atom stereocenters. The lowest BCUT2D eigenvalue weighted by atomic mass is 10.2. The lowest BCUT2D eigenvalue weighted by Gasteiger charge is -2.13. The molecule has 0 aliphatic heterocycles. The van der Waals surface area contributed by atoms with Gasteiger partial charge in [-0.2, -0.15) is 0 Å². The molecular weight excluding hydrogens is 188 g/mol. The molecule has 0 aromatic heterocycles. The van der Waals surface area contributed by atoms with E-state index in [1.807, 2.05) is 45.0 Å². The molecule has 0 aliphatic carbocycles. The van der Waals surface area contributed by atoms with Crippen molar-refractivity contribution in [2.75, 3.05) is 0 Å². The molecule has 2 nitrogen and oxygen atoms in total. The predicted octanol–water partition coefficient (Wildman–Crippen LogP) is 3.20. The lowest BCUT2D eigenvalue weighted by molar-refractivity contribution is 0.0406. The smallest absolute Gasteiger partial charge is 0.338 e. The molecule has 1 aromatic carbocycles. The van der Waals surface area contributed by atoms with Crippen LogP contribution in [0.3, 0.4) is 0 Å². The summed E-state index contributed by atoms with van der Waals surface area (Å²) >= 11 is 0. The first-order valence-electron chi connectivity index (χ1n) is 5.04. The highest BCUT2D eigenvalue weighted by atomic mass is 16.5. The summed E-state index contributed by atoms with van der Waals surface area (Å²) in [6.45, 7) is 5.75. The molecule has 0 radical (unpaired) electrons. The van der Waals surface area contributed by atoms with E-state index in [0.29, 0.717) is 5.56 Å². The molecule has 1 atom stereocenters. The lowest BCUT2D eigenvalue weighted by Crippen LogP contribution is -2.15. The normalized spacial score (nSPS) is 13.4. The molecule has 2 heteroatoms. The van der Waals surface area contributed by atoms with E-state index in [1.54, 1.807) is 12.1 Å². The van der Waals surface area contributed by atoms with Crippen molar-refractivity contribution in [2.45, 2.75) is 26.9 Å². The van der Waals surface area contributed by atoms with Crippen LogP contribution in [0.1, 0.15) is 31.1 Å². The first-order valence-corrected chi connectivity index (χ1v) is 5.04. The Morgan fingerprint density at radius 1 is 1.33 bits per heavy atom. The van der Waals surface area contributed by atoms with Crippen LogP contribution in [0.15, 0.2) is 42.0 Å². The van der Waals surface area contributed by atoms with Crippen molar-refractivity contribution >= 4 is 5.97 Å². The predicted molar refractivity (Wildman–Crippen MR) is 60.8 cm³/mol. The highest BCUT2D eigenvalue weighted by Gasteiger charge is 2.11. The van der Waals surface area contributed by atoms with Gasteiger partial charge in [-0.25, -0.2) is 4.79 Å². The van der Waals surface area contributed by atoms with Gasteiger partial charge in [-0.3, -0.25) is 0 Å². The fourth-order valence-corrected chi connectivity index (χ4v) is 1.13. The molecule has 0 bridgehead atoms. The number of hydrogen-bond donors (Lipinski definition) is 0. The first-order chi connectivity index (χ1) is 7.15. The van der Waals surface area contributed by atoms with Gasteiger partial charge in [0.25, 0.3) is 0 Å². The molecule has 1 rings (SSSR count). The molecule has 80 valence electrons. The van der Waals surface area contributed by atoms with Gasteiger partial charge in [-0.15, -0.1) is 0 Å². The zero-order chi connectivity index (χ0) is 11.3. The van der Waals surface area contributed by atoms with Crippen LogP contribution in [0.25, 0.3) is 0 Å². The maximum atomic E-state index is 11.6. The molecule has 15 heavy (non-hydrogen) atoms. The van der Waals surface area contributed by atoms with Crippen molar-refractivity contribution in [3.63, 3.8) is 0 Å². The third-order valence-electron chi connectivity index (χ3n) is 2.39. The number of allylic oxidation sites excluding steroid dienone is 1. The second kappa shape index (κ2) is 5.35. The molecule has 0 spiro atoms. The van der Waals surface area contributed by atoms with Gasteiger partial charge >= 0.3 is 5.97 Å². The number of benzene rings is 1. The Morgan fingerprint density at radius 3 is 2.47 bits per heavy atom. The quantitative estimate of drug-likeness (QED) is 0.558. The van der Waals surface area contributed by atoms with Crippen LogP contribution in [0.2, 0.25) is 0 Å². The molecule has 1 aromatic rings. The Morgan fingerprint density at radius 2 is 1.93 bits per heavy atom. The minimum absolute atomic E-state index is 0.164. The van der Waals surface area contributed by atoms with Gasteiger partial charge in [0.05, 0.1) is 5.56 Å². The Hall–Kier alpha value is -1.57. The van der Waals surface area contributed by atoms with Crippen molar-refractivity contribution in [3.05, 3.63) is 47.5 Å². The van der Waals surface area contributed by atoms with Crippen molar-refractivity contribution in [1.82, 2.24) is 0 Å². The van der Waals surface area contributed by atoms with Crippen LogP contribution < -0.4 is 0 Å². The van der Waals surface area contributed by atoms with Crippen LogP contribution in [0, 0.1) is 0 Å². The summed E-state index contributed by atoms with van der Waals surface area (Å²) in [7, 11) is 0. The van der Waals surface area contributed by atoms with Gasteiger partial charge in [0.15, 0.2) is 0 Å². The highest BCUT2D eigenvalue weighted by Crippen LogP contribution is 2.09. The summed E-state index contributed by atoms with van der Waals surface area (Å²) in [5, 5.41) is 0. The zero-order valence-electron chi connectivity index (χ0n) is 9.36. The molecule has 0 heterocycles. The first kappa shape index (κ1) is 11.5. The van der Waals surface area contributed by atoms with Crippen LogP contribution in [-0.2, 0) is 4.74 Å². The molecule has 0 saturated carbocycles. The third-order valence-corrected chi connectivity index (χ3v) is 2.39. The number of ether oxygens (including phenoxy) is 1. The van der Waals surface area contributed by atoms with E-state index in [1.165, 1.54) is 0 Å². The van der Waals surface area contributed by atoms with Crippen molar-refractivity contribution in [2.24, 2.45) is 0 Å². The van der Waals surface area contributed by atoms with Gasteiger partial charge in [-0.1, -0.05) is 24.3 Å². The van der Waals surface area contributed by atoms with Crippen LogP contribution in [0.5, 0.6) is 0 Å². The van der Waals surface area contributed by atoms with E-state index in [2.05, 4.69) is 0 Å². The Labute approximate surface area is 90.6 Å². The fraction of sp³-hybridized carbons (Fsp3) is 0.308. The van der Waals surface area contributed by atoms with E-state index in [9.17, 15) is 4.79 Å². The minimum atomic E-state index is -0.274. The summed E-state index contributed by atoms with van der Waals surface area (Å²) < 4.78 is 5.28. The second-order valence-corrected chi connectivity index (χ2v) is 3.45. The van der Waals surface area contributed by atoms with Crippen LogP contribution >= 0.6 is 0 Å². The van der Waals surface area contributed by atoms with Crippen molar-refractivity contribution in [1.29, 1.82) is 0 Å². The zero-order valence-corrected chi connectivity index (χ0v) is 9.36. The number of esters is 1. The molecule has 0 amide bonds. The van der Waals surface area contributed by atoms with E-state index >= 15 is 0 Å².